The number of hydrogen-bond acceptors (Lipinski definition) is 3. The molecule has 2 rings (SSSR count). The second kappa shape index (κ2) is 8.95. The molecule has 0 radical (unpaired) electrons. The zero-order chi connectivity index (χ0) is 19.2. The Morgan fingerprint density at radius 1 is 1.04 bits per heavy atom. The number of alkyl carbamates (subject to hydrolysis) is 1. The van der Waals surface area contributed by atoms with Gasteiger partial charge >= 0.3 is 6.09 Å². The highest BCUT2D eigenvalue weighted by atomic mass is 32.2. The highest BCUT2D eigenvalue weighted by molar-refractivity contribution is 8.03. The third-order valence-electron chi connectivity index (χ3n) is 3.83. The predicted octanol–water partition coefficient (Wildman–Crippen LogP) is 6.19. The van der Waals surface area contributed by atoms with Crippen molar-refractivity contribution in [2.45, 2.75) is 44.2 Å². The third kappa shape index (κ3) is 6.26. The number of amides is 1. The summed E-state index contributed by atoms with van der Waals surface area (Å²) in [5.41, 5.74) is 0.491. The van der Waals surface area contributed by atoms with E-state index in [9.17, 15) is 4.79 Å². The SMILES string of the molecule is C=C(Sc1ccccc1)[C@H](C)[C@@H](NC(=O)OC(C)(C)C)c1ccccc1. The van der Waals surface area contributed by atoms with Gasteiger partial charge in [-0.3, -0.25) is 0 Å². The molecule has 0 saturated heterocycles. The van der Waals surface area contributed by atoms with E-state index in [0.29, 0.717) is 0 Å². The lowest BCUT2D eigenvalue weighted by molar-refractivity contribution is 0.0493. The average molecular weight is 370 g/mol. The summed E-state index contributed by atoms with van der Waals surface area (Å²) in [6.45, 7) is 11.9. The average Bonchev–Trinajstić information content (AvgIpc) is 2.59. The van der Waals surface area contributed by atoms with Gasteiger partial charge in [0.05, 0.1) is 6.04 Å². The summed E-state index contributed by atoms with van der Waals surface area (Å²) in [5, 5.41) is 3.02. The lowest BCUT2D eigenvalue weighted by atomic mass is 9.94. The van der Waals surface area contributed by atoms with Crippen LogP contribution in [0.25, 0.3) is 0 Å². The fourth-order valence-electron chi connectivity index (χ4n) is 2.51. The molecule has 4 heteroatoms. The Bertz CT molecular complexity index is 723. The van der Waals surface area contributed by atoms with Crippen molar-refractivity contribution in [2.75, 3.05) is 0 Å². The molecule has 0 aliphatic rings. The molecule has 2 aromatic carbocycles. The Hall–Kier alpha value is -2.20. The van der Waals surface area contributed by atoms with Crippen LogP contribution in [0.15, 0.2) is 77.0 Å². The van der Waals surface area contributed by atoms with Gasteiger partial charge in [-0.25, -0.2) is 4.79 Å². The van der Waals surface area contributed by atoms with Gasteiger partial charge in [-0.1, -0.05) is 73.8 Å². The van der Waals surface area contributed by atoms with Crippen molar-refractivity contribution in [3.8, 4) is 0 Å². The number of hydrogen-bond donors (Lipinski definition) is 1. The summed E-state index contributed by atoms with van der Waals surface area (Å²) >= 11 is 1.63. The van der Waals surface area contributed by atoms with Crippen LogP contribution in [-0.2, 0) is 4.74 Å². The van der Waals surface area contributed by atoms with E-state index in [1.54, 1.807) is 11.8 Å². The van der Waals surface area contributed by atoms with Crippen LogP contribution in [0.2, 0.25) is 0 Å². The molecule has 0 spiro atoms. The maximum absolute atomic E-state index is 12.4. The second-order valence-electron chi connectivity index (χ2n) is 7.20. The van der Waals surface area contributed by atoms with Gasteiger partial charge in [-0.05, 0) is 43.4 Å². The first-order chi connectivity index (χ1) is 12.3. The van der Waals surface area contributed by atoms with Crippen LogP contribution in [0.4, 0.5) is 4.79 Å². The number of ether oxygens (including phenoxy) is 1. The van der Waals surface area contributed by atoms with Crippen molar-refractivity contribution in [2.24, 2.45) is 5.92 Å². The summed E-state index contributed by atoms with van der Waals surface area (Å²) < 4.78 is 5.45. The molecule has 0 unspecified atom stereocenters. The molecule has 138 valence electrons. The summed E-state index contributed by atoms with van der Waals surface area (Å²) in [6.07, 6.45) is -0.421. The minimum Gasteiger partial charge on any atom is -0.444 e. The molecule has 2 atom stereocenters. The molecule has 1 N–H and O–H groups in total. The molecule has 2 aromatic rings. The first-order valence-electron chi connectivity index (χ1n) is 8.72. The summed E-state index contributed by atoms with van der Waals surface area (Å²) in [6, 6.07) is 19.8. The van der Waals surface area contributed by atoms with Crippen LogP contribution >= 0.6 is 11.8 Å². The molecule has 0 aliphatic carbocycles. The second-order valence-corrected chi connectivity index (χ2v) is 8.40. The van der Waals surface area contributed by atoms with Crippen LogP contribution < -0.4 is 5.32 Å². The normalized spacial score (nSPS) is 13.5. The van der Waals surface area contributed by atoms with Gasteiger partial charge < -0.3 is 10.1 Å². The van der Waals surface area contributed by atoms with Gasteiger partial charge in [-0.15, -0.1) is 0 Å². The van der Waals surface area contributed by atoms with Gasteiger partial charge in [0.15, 0.2) is 0 Å². The molecular weight excluding hydrogens is 342 g/mol. The predicted molar refractivity (Wildman–Crippen MR) is 109 cm³/mol. The van der Waals surface area contributed by atoms with Crippen molar-refractivity contribution in [1.29, 1.82) is 0 Å². The fourth-order valence-corrected chi connectivity index (χ4v) is 3.43. The lowest BCUT2D eigenvalue weighted by Gasteiger charge is -2.28. The molecule has 0 aliphatic heterocycles. The Morgan fingerprint density at radius 3 is 2.12 bits per heavy atom. The van der Waals surface area contributed by atoms with Crippen LogP contribution in [0.3, 0.4) is 0 Å². The van der Waals surface area contributed by atoms with Crippen molar-refractivity contribution < 1.29 is 9.53 Å². The van der Waals surface area contributed by atoms with Crippen LogP contribution in [0, 0.1) is 5.92 Å². The summed E-state index contributed by atoms with van der Waals surface area (Å²) in [5.74, 6) is 0.0233. The van der Waals surface area contributed by atoms with E-state index in [2.05, 4.69) is 31.0 Å². The fraction of sp³-hybridized carbons (Fsp3) is 0.318. The zero-order valence-corrected chi connectivity index (χ0v) is 16.7. The third-order valence-corrected chi connectivity index (χ3v) is 4.97. The van der Waals surface area contributed by atoms with Crippen molar-refractivity contribution >= 4 is 17.9 Å². The number of carbonyl (C=O) groups is 1. The Morgan fingerprint density at radius 2 is 1.58 bits per heavy atom. The molecular formula is C22H27NO2S. The number of rotatable bonds is 6. The van der Waals surface area contributed by atoms with Crippen molar-refractivity contribution in [3.05, 3.63) is 77.7 Å². The molecule has 0 bridgehead atoms. The number of thioether (sulfide) groups is 1. The molecule has 0 saturated carbocycles. The number of benzene rings is 2. The van der Waals surface area contributed by atoms with Gasteiger partial charge in [0, 0.05) is 10.8 Å². The quantitative estimate of drug-likeness (QED) is 0.617. The van der Waals surface area contributed by atoms with E-state index in [4.69, 9.17) is 4.74 Å². The van der Waals surface area contributed by atoms with Crippen molar-refractivity contribution in [1.82, 2.24) is 5.32 Å². The number of nitrogens with one attached hydrogen (secondary N) is 1. The molecule has 1 amide bonds. The van der Waals surface area contributed by atoms with Crippen LogP contribution in [0.5, 0.6) is 0 Å². The first kappa shape index (κ1) is 20.1. The highest BCUT2D eigenvalue weighted by Crippen LogP contribution is 2.37. The number of carbonyl (C=O) groups excluding carboxylic acids is 1. The Labute approximate surface area is 160 Å². The van der Waals surface area contributed by atoms with Gasteiger partial charge in [0.1, 0.15) is 5.60 Å². The van der Waals surface area contributed by atoms with Crippen molar-refractivity contribution in [3.63, 3.8) is 0 Å². The molecule has 3 nitrogen and oxygen atoms in total. The van der Waals surface area contributed by atoms with Gasteiger partial charge in [-0.2, -0.15) is 0 Å². The molecule has 0 aromatic heterocycles. The Kier molecular flexibility index (Phi) is 6.92. The summed E-state index contributed by atoms with van der Waals surface area (Å²) in [7, 11) is 0. The van der Waals surface area contributed by atoms with Crippen LogP contribution in [-0.4, -0.2) is 11.7 Å². The van der Waals surface area contributed by atoms with E-state index in [0.717, 1.165) is 15.4 Å². The van der Waals surface area contributed by atoms with Gasteiger partial charge in [0.2, 0.25) is 0 Å². The first-order valence-corrected chi connectivity index (χ1v) is 9.54. The molecule has 26 heavy (non-hydrogen) atoms. The maximum atomic E-state index is 12.4. The standard InChI is InChI=1S/C22H27NO2S/c1-16(17(2)26-19-14-10-7-11-15-19)20(18-12-8-6-9-13-18)23-21(24)25-22(3,4)5/h6-16,20H,2H2,1,3-5H3,(H,23,24)/t16-,20+/m0/s1. The molecule has 0 heterocycles. The minimum absolute atomic E-state index is 0.0233. The topological polar surface area (TPSA) is 38.3 Å². The lowest BCUT2D eigenvalue weighted by Crippen LogP contribution is -2.37. The smallest absolute Gasteiger partial charge is 0.408 e. The van der Waals surface area contributed by atoms with E-state index in [-0.39, 0.29) is 12.0 Å². The van der Waals surface area contributed by atoms with E-state index >= 15 is 0 Å². The summed E-state index contributed by atoms with van der Waals surface area (Å²) in [4.78, 5) is 14.5. The largest absolute Gasteiger partial charge is 0.444 e. The van der Waals surface area contributed by atoms with E-state index < -0.39 is 11.7 Å². The molecule has 0 fully saturated rings. The van der Waals surface area contributed by atoms with Crippen LogP contribution in [0.1, 0.15) is 39.3 Å². The zero-order valence-electron chi connectivity index (χ0n) is 15.9. The van der Waals surface area contributed by atoms with Gasteiger partial charge in [0.25, 0.3) is 0 Å². The Balaban J connectivity index is 2.17. The van der Waals surface area contributed by atoms with E-state index in [1.807, 2.05) is 69.3 Å². The minimum atomic E-state index is -0.537. The van der Waals surface area contributed by atoms with E-state index in [1.165, 1.54) is 0 Å². The maximum Gasteiger partial charge on any atom is 0.408 e. The highest BCUT2D eigenvalue weighted by Gasteiger charge is 2.26. The monoisotopic (exact) mass is 369 g/mol.